The average molecular weight is 170 g/mol. The van der Waals surface area contributed by atoms with Crippen LogP contribution >= 0.6 is 0 Å². The quantitative estimate of drug-likeness (QED) is 0.646. The molecule has 1 aromatic carbocycles. The number of aromatic amines is 1. The molecule has 1 aromatic heterocycles. The summed E-state index contributed by atoms with van der Waals surface area (Å²) in [4.78, 5) is 18.4. The Bertz CT molecular complexity index is 537. The largest absolute Gasteiger partial charge is 0.361 e. The highest BCUT2D eigenvalue weighted by atomic mass is 16.1. The summed E-state index contributed by atoms with van der Waals surface area (Å²) in [5.74, 6) is -0.00176. The van der Waals surface area contributed by atoms with Crippen LogP contribution in [0.5, 0.6) is 0 Å². The van der Waals surface area contributed by atoms with Crippen LogP contribution in [-0.2, 0) is 0 Å². The third kappa shape index (κ3) is 0.731. The van der Waals surface area contributed by atoms with Gasteiger partial charge in [0.2, 0.25) is 5.78 Å². The first-order valence-electron chi connectivity index (χ1n) is 4.05. The molecule has 0 radical (unpaired) electrons. The lowest BCUT2D eigenvalue weighted by Gasteiger charge is -1.96. The fraction of sp³-hybridized carbons (Fsp3) is 0. The minimum absolute atomic E-state index is 0.00176. The Morgan fingerprint density at radius 2 is 2.15 bits per heavy atom. The summed E-state index contributed by atoms with van der Waals surface area (Å²) >= 11 is 0. The molecule has 3 rings (SSSR count). The normalized spacial score (nSPS) is 14.0. The number of hydrogen-bond acceptors (Lipinski definition) is 2. The molecule has 2 aromatic rings. The lowest BCUT2D eigenvalue weighted by molar-refractivity contribution is 0.107. The van der Waals surface area contributed by atoms with E-state index in [4.69, 9.17) is 0 Å². The fourth-order valence-electron chi connectivity index (χ4n) is 1.65. The number of Topliss-reactive ketones (excluding diaryl/α,β-unsaturated/α-hetero) is 1. The van der Waals surface area contributed by atoms with Crippen LogP contribution in [0.2, 0.25) is 0 Å². The van der Waals surface area contributed by atoms with Crippen molar-refractivity contribution in [2.45, 2.75) is 0 Å². The Balaban J connectivity index is 2.52. The third-order valence-electron chi connectivity index (χ3n) is 2.28. The Morgan fingerprint density at radius 1 is 1.23 bits per heavy atom. The van der Waals surface area contributed by atoms with E-state index >= 15 is 0 Å². The van der Waals surface area contributed by atoms with Gasteiger partial charge in [0.25, 0.3) is 0 Å². The summed E-state index contributed by atoms with van der Waals surface area (Å²) in [6, 6.07) is 5.65. The number of hydrogen-bond donors (Lipinski definition) is 1. The van der Waals surface area contributed by atoms with Crippen LogP contribution in [0.1, 0.15) is 10.4 Å². The van der Waals surface area contributed by atoms with Gasteiger partial charge in [0.15, 0.2) is 0 Å². The fourth-order valence-corrected chi connectivity index (χ4v) is 1.65. The second kappa shape index (κ2) is 2.07. The van der Waals surface area contributed by atoms with Crippen LogP contribution in [0.15, 0.2) is 29.4 Å². The molecule has 3 heteroatoms. The van der Waals surface area contributed by atoms with Crippen LogP contribution in [0.3, 0.4) is 0 Å². The van der Waals surface area contributed by atoms with Crippen LogP contribution in [0.4, 0.5) is 5.69 Å². The molecule has 62 valence electrons. The van der Waals surface area contributed by atoms with Crippen LogP contribution in [0, 0.1) is 0 Å². The topological polar surface area (TPSA) is 45.2 Å². The van der Waals surface area contributed by atoms with E-state index in [1.165, 1.54) is 6.21 Å². The number of carbonyl (C=O) groups excluding carboxylic acids is 1. The van der Waals surface area contributed by atoms with Crippen molar-refractivity contribution in [3.63, 3.8) is 0 Å². The molecule has 0 atom stereocenters. The number of aromatic nitrogens is 1. The molecule has 0 saturated carbocycles. The summed E-state index contributed by atoms with van der Waals surface area (Å²) in [5.41, 5.74) is 2.52. The molecule has 0 amide bonds. The maximum absolute atomic E-state index is 11.3. The zero-order valence-electron chi connectivity index (χ0n) is 6.74. The minimum Gasteiger partial charge on any atom is -0.361 e. The maximum Gasteiger partial charge on any atom is 0.206 e. The molecule has 0 aliphatic carbocycles. The van der Waals surface area contributed by atoms with E-state index in [0.717, 1.165) is 16.6 Å². The number of fused-ring (bicyclic) bond motifs is 3. The number of nitrogens with one attached hydrogen (secondary N) is 1. The van der Waals surface area contributed by atoms with Crippen LogP contribution in [0.25, 0.3) is 10.9 Å². The molecule has 0 saturated heterocycles. The highest BCUT2D eigenvalue weighted by molar-refractivity contribution is 6.41. The van der Waals surface area contributed by atoms with Crippen molar-refractivity contribution in [1.29, 1.82) is 0 Å². The molecule has 2 heterocycles. The van der Waals surface area contributed by atoms with Crippen molar-refractivity contribution in [3.8, 4) is 0 Å². The number of nitrogens with zero attached hydrogens (tertiary/aromatic N) is 1. The van der Waals surface area contributed by atoms with Gasteiger partial charge < -0.3 is 4.98 Å². The predicted molar refractivity (Wildman–Crippen MR) is 50.8 cm³/mol. The number of H-pyrrole nitrogens is 1. The Hall–Kier alpha value is -1.90. The SMILES string of the molecule is O=C1C=Nc2c1ccc1[nH]ccc21. The molecule has 13 heavy (non-hydrogen) atoms. The van der Waals surface area contributed by atoms with Crippen molar-refractivity contribution < 1.29 is 4.79 Å². The minimum atomic E-state index is -0.00176. The molecule has 0 fully saturated rings. The van der Waals surface area contributed by atoms with Gasteiger partial charge in [0.05, 0.1) is 11.9 Å². The molecule has 1 aliphatic heterocycles. The Kier molecular flexibility index (Phi) is 1.05. The van der Waals surface area contributed by atoms with Gasteiger partial charge >= 0.3 is 0 Å². The van der Waals surface area contributed by atoms with Crippen LogP contribution in [-0.4, -0.2) is 17.0 Å². The van der Waals surface area contributed by atoms with E-state index < -0.39 is 0 Å². The molecule has 3 nitrogen and oxygen atoms in total. The zero-order chi connectivity index (χ0) is 8.84. The van der Waals surface area contributed by atoms with Gasteiger partial charge in [0, 0.05) is 22.7 Å². The first-order chi connectivity index (χ1) is 6.36. The molecular formula is C10H6N2O. The van der Waals surface area contributed by atoms with Gasteiger partial charge in [0.1, 0.15) is 0 Å². The average Bonchev–Trinajstić information content (AvgIpc) is 2.70. The number of rotatable bonds is 0. The van der Waals surface area contributed by atoms with Gasteiger partial charge in [-0.05, 0) is 18.2 Å². The first-order valence-corrected chi connectivity index (χ1v) is 4.05. The van der Waals surface area contributed by atoms with E-state index in [1.807, 2.05) is 24.4 Å². The van der Waals surface area contributed by atoms with Crippen molar-refractivity contribution >= 4 is 28.6 Å². The lowest BCUT2D eigenvalue weighted by atomic mass is 10.1. The van der Waals surface area contributed by atoms with Gasteiger partial charge in [-0.1, -0.05) is 0 Å². The van der Waals surface area contributed by atoms with Crippen molar-refractivity contribution in [2.75, 3.05) is 0 Å². The third-order valence-corrected chi connectivity index (χ3v) is 2.28. The van der Waals surface area contributed by atoms with E-state index in [1.54, 1.807) is 0 Å². The molecule has 0 bridgehead atoms. The monoisotopic (exact) mass is 170 g/mol. The highest BCUT2D eigenvalue weighted by Gasteiger charge is 2.17. The molecule has 1 N–H and O–H groups in total. The van der Waals surface area contributed by atoms with Crippen molar-refractivity contribution in [3.05, 3.63) is 30.0 Å². The van der Waals surface area contributed by atoms with E-state index in [0.29, 0.717) is 5.56 Å². The summed E-state index contributed by atoms with van der Waals surface area (Å²) < 4.78 is 0. The number of aliphatic imine (C=N–C) groups is 1. The number of carbonyl (C=O) groups is 1. The number of ketones is 1. The molecule has 0 spiro atoms. The van der Waals surface area contributed by atoms with E-state index in [9.17, 15) is 4.79 Å². The molecule has 1 aliphatic rings. The van der Waals surface area contributed by atoms with Crippen LogP contribution < -0.4 is 0 Å². The summed E-state index contributed by atoms with van der Waals surface area (Å²) in [6.07, 6.45) is 3.22. The van der Waals surface area contributed by atoms with Gasteiger partial charge in [-0.3, -0.25) is 9.79 Å². The van der Waals surface area contributed by atoms with Gasteiger partial charge in [-0.25, -0.2) is 0 Å². The molecule has 0 unspecified atom stereocenters. The molecular weight excluding hydrogens is 164 g/mol. The highest BCUT2D eigenvalue weighted by Crippen LogP contribution is 2.32. The van der Waals surface area contributed by atoms with Gasteiger partial charge in [-0.15, -0.1) is 0 Å². The Labute approximate surface area is 74.1 Å². The smallest absolute Gasteiger partial charge is 0.206 e. The standard InChI is InChI=1S/C10H6N2O/c13-9-5-12-10-6-3-4-11-8(6)2-1-7(9)10/h1-5,11H. The second-order valence-corrected chi connectivity index (χ2v) is 3.02. The van der Waals surface area contributed by atoms with E-state index in [-0.39, 0.29) is 5.78 Å². The summed E-state index contributed by atoms with van der Waals surface area (Å²) in [5, 5.41) is 1.01. The van der Waals surface area contributed by atoms with E-state index in [2.05, 4.69) is 9.98 Å². The van der Waals surface area contributed by atoms with Gasteiger partial charge in [-0.2, -0.15) is 0 Å². The summed E-state index contributed by atoms with van der Waals surface area (Å²) in [7, 11) is 0. The number of benzene rings is 1. The maximum atomic E-state index is 11.3. The predicted octanol–water partition coefficient (Wildman–Crippen LogP) is 2.07. The second-order valence-electron chi connectivity index (χ2n) is 3.02. The van der Waals surface area contributed by atoms with Crippen molar-refractivity contribution in [2.24, 2.45) is 4.99 Å². The first kappa shape index (κ1) is 6.60. The van der Waals surface area contributed by atoms with Crippen molar-refractivity contribution in [1.82, 2.24) is 4.98 Å². The summed E-state index contributed by atoms with van der Waals surface area (Å²) in [6.45, 7) is 0. The zero-order valence-corrected chi connectivity index (χ0v) is 6.74. The lowest BCUT2D eigenvalue weighted by Crippen LogP contribution is -1.92. The Morgan fingerprint density at radius 3 is 3.08 bits per heavy atom.